The van der Waals surface area contributed by atoms with Crippen LogP contribution in [0.15, 0.2) is 36.5 Å². The van der Waals surface area contributed by atoms with E-state index in [1.54, 1.807) is 18.2 Å². The molecule has 104 valence electrons. The van der Waals surface area contributed by atoms with Crippen LogP contribution in [0.5, 0.6) is 0 Å². The molecular weight excluding hydrogens is 255 g/mol. The van der Waals surface area contributed by atoms with Crippen LogP contribution in [0.1, 0.15) is 16.8 Å². The zero-order valence-corrected chi connectivity index (χ0v) is 11.5. The number of carbonyl (C=O) groups excluding carboxylic acids is 1. The molecule has 1 aliphatic heterocycles. The highest BCUT2D eigenvalue weighted by Gasteiger charge is 2.22. The monoisotopic (exact) mass is 272 g/mol. The Hall–Kier alpha value is -2.10. The van der Waals surface area contributed by atoms with Crippen molar-refractivity contribution in [2.45, 2.75) is 19.4 Å². The maximum atomic E-state index is 13.6. The maximum absolute atomic E-state index is 13.6. The molecule has 0 saturated heterocycles. The molecule has 1 aromatic heterocycles. The van der Waals surface area contributed by atoms with Crippen molar-refractivity contribution in [2.75, 3.05) is 6.54 Å². The van der Waals surface area contributed by atoms with Gasteiger partial charge in [0.25, 0.3) is 0 Å². The first-order valence-corrected chi connectivity index (χ1v) is 6.79. The Morgan fingerprint density at radius 3 is 2.90 bits per heavy atom. The summed E-state index contributed by atoms with van der Waals surface area (Å²) in [6.07, 6.45) is 3.02. The largest absolute Gasteiger partial charge is 0.354 e. The van der Waals surface area contributed by atoms with Gasteiger partial charge in [0.2, 0.25) is 5.91 Å². The van der Waals surface area contributed by atoms with Gasteiger partial charge in [0.05, 0.1) is 6.42 Å². The summed E-state index contributed by atoms with van der Waals surface area (Å²) in [5, 5.41) is 0. The Bertz CT molecular complexity index is 648. The molecule has 3 nitrogen and oxygen atoms in total. The van der Waals surface area contributed by atoms with E-state index in [2.05, 4.69) is 10.6 Å². The quantitative estimate of drug-likeness (QED) is 0.823. The summed E-state index contributed by atoms with van der Waals surface area (Å²) in [7, 11) is 2.02. The molecule has 0 spiro atoms. The Morgan fingerprint density at radius 2 is 2.10 bits per heavy atom. The molecular formula is C16H17FN2O. The van der Waals surface area contributed by atoms with Crippen molar-refractivity contribution in [3.63, 3.8) is 0 Å². The fraction of sp³-hybridized carbons (Fsp3) is 0.312. The van der Waals surface area contributed by atoms with Crippen LogP contribution in [0.3, 0.4) is 0 Å². The predicted octanol–water partition coefficient (Wildman–Crippen LogP) is 2.29. The third-order valence-electron chi connectivity index (χ3n) is 3.93. The first-order chi connectivity index (χ1) is 9.65. The van der Waals surface area contributed by atoms with Gasteiger partial charge in [-0.05, 0) is 23.3 Å². The molecule has 2 aromatic rings. The molecule has 0 radical (unpaired) electrons. The van der Waals surface area contributed by atoms with Crippen LogP contribution < -0.4 is 0 Å². The average Bonchev–Trinajstić information content (AvgIpc) is 2.82. The number of aryl methyl sites for hydroxylation is 1. The summed E-state index contributed by atoms with van der Waals surface area (Å²) in [6, 6.07) is 8.52. The van der Waals surface area contributed by atoms with Crippen molar-refractivity contribution < 1.29 is 9.18 Å². The van der Waals surface area contributed by atoms with Gasteiger partial charge in [0, 0.05) is 38.4 Å². The minimum atomic E-state index is -0.307. The number of hydrogen-bond donors (Lipinski definition) is 0. The predicted molar refractivity (Wildman–Crippen MR) is 74.6 cm³/mol. The number of nitrogens with zero attached hydrogens (tertiary/aromatic N) is 2. The van der Waals surface area contributed by atoms with Gasteiger partial charge in [-0.1, -0.05) is 18.2 Å². The van der Waals surface area contributed by atoms with E-state index in [9.17, 15) is 9.18 Å². The van der Waals surface area contributed by atoms with Gasteiger partial charge in [0.1, 0.15) is 5.82 Å². The molecule has 0 unspecified atom stereocenters. The summed E-state index contributed by atoms with van der Waals surface area (Å²) in [4.78, 5) is 14.1. The second-order valence-electron chi connectivity index (χ2n) is 5.23. The molecule has 4 heteroatoms. The van der Waals surface area contributed by atoms with E-state index in [0.29, 0.717) is 18.7 Å². The third-order valence-corrected chi connectivity index (χ3v) is 3.93. The maximum Gasteiger partial charge on any atom is 0.227 e. The molecule has 2 heterocycles. The van der Waals surface area contributed by atoms with E-state index < -0.39 is 0 Å². The molecule has 1 amide bonds. The van der Waals surface area contributed by atoms with Crippen molar-refractivity contribution in [2.24, 2.45) is 7.05 Å². The third kappa shape index (κ3) is 2.33. The molecule has 0 aliphatic carbocycles. The fourth-order valence-electron chi connectivity index (χ4n) is 2.75. The van der Waals surface area contributed by atoms with E-state index in [0.717, 1.165) is 6.42 Å². The van der Waals surface area contributed by atoms with Gasteiger partial charge < -0.3 is 9.47 Å². The zero-order valence-electron chi connectivity index (χ0n) is 11.5. The summed E-state index contributed by atoms with van der Waals surface area (Å²) >= 11 is 0. The number of hydrogen-bond acceptors (Lipinski definition) is 1. The van der Waals surface area contributed by atoms with Crippen molar-refractivity contribution in [1.82, 2.24) is 9.47 Å². The van der Waals surface area contributed by atoms with Gasteiger partial charge in [0.15, 0.2) is 0 Å². The van der Waals surface area contributed by atoms with E-state index in [1.165, 1.54) is 17.3 Å². The second kappa shape index (κ2) is 5.12. The minimum absolute atomic E-state index is 0.00963. The number of aromatic nitrogens is 1. The first-order valence-electron chi connectivity index (χ1n) is 6.79. The van der Waals surface area contributed by atoms with E-state index in [4.69, 9.17) is 0 Å². The molecule has 0 bridgehead atoms. The first kappa shape index (κ1) is 12.9. The van der Waals surface area contributed by atoms with Gasteiger partial charge in [-0.25, -0.2) is 4.39 Å². The second-order valence-corrected chi connectivity index (χ2v) is 5.23. The van der Waals surface area contributed by atoms with E-state index in [1.807, 2.05) is 18.1 Å². The van der Waals surface area contributed by atoms with E-state index in [-0.39, 0.29) is 18.1 Å². The van der Waals surface area contributed by atoms with Crippen molar-refractivity contribution in [3.8, 4) is 0 Å². The highest BCUT2D eigenvalue weighted by molar-refractivity contribution is 5.79. The van der Waals surface area contributed by atoms with Crippen LogP contribution in [-0.2, 0) is 31.2 Å². The van der Waals surface area contributed by atoms with Crippen molar-refractivity contribution in [3.05, 3.63) is 59.2 Å². The highest BCUT2D eigenvalue weighted by Crippen LogP contribution is 2.20. The molecule has 3 rings (SSSR count). The molecule has 20 heavy (non-hydrogen) atoms. The number of benzene rings is 1. The molecule has 0 saturated carbocycles. The van der Waals surface area contributed by atoms with Crippen molar-refractivity contribution in [1.29, 1.82) is 0 Å². The lowest BCUT2D eigenvalue weighted by atomic mass is 10.1. The van der Waals surface area contributed by atoms with Gasteiger partial charge in [-0.3, -0.25) is 4.79 Å². The number of halogens is 1. The van der Waals surface area contributed by atoms with Crippen LogP contribution in [-0.4, -0.2) is 21.9 Å². The number of amides is 1. The SMILES string of the molecule is Cn1ccc2c1CCN(C(=O)Cc1ccccc1F)C2. The molecule has 0 fully saturated rings. The van der Waals surface area contributed by atoms with Gasteiger partial charge >= 0.3 is 0 Å². The van der Waals surface area contributed by atoms with Gasteiger partial charge in [-0.15, -0.1) is 0 Å². The Kier molecular flexibility index (Phi) is 3.30. The fourth-order valence-corrected chi connectivity index (χ4v) is 2.75. The molecule has 0 N–H and O–H groups in total. The van der Waals surface area contributed by atoms with E-state index >= 15 is 0 Å². The van der Waals surface area contributed by atoms with Gasteiger partial charge in [-0.2, -0.15) is 0 Å². The van der Waals surface area contributed by atoms with Crippen LogP contribution in [0.4, 0.5) is 4.39 Å². The highest BCUT2D eigenvalue weighted by atomic mass is 19.1. The van der Waals surface area contributed by atoms with Crippen LogP contribution in [0.2, 0.25) is 0 Å². The summed E-state index contributed by atoms with van der Waals surface area (Å²) in [5.74, 6) is -0.317. The molecule has 1 aliphatic rings. The Morgan fingerprint density at radius 1 is 1.30 bits per heavy atom. The van der Waals surface area contributed by atoms with Crippen molar-refractivity contribution >= 4 is 5.91 Å². The number of carbonyl (C=O) groups is 1. The lowest BCUT2D eigenvalue weighted by molar-refractivity contribution is -0.131. The topological polar surface area (TPSA) is 25.2 Å². The minimum Gasteiger partial charge on any atom is -0.354 e. The number of fused-ring (bicyclic) bond motifs is 1. The van der Waals surface area contributed by atoms with Crippen LogP contribution >= 0.6 is 0 Å². The standard InChI is InChI=1S/C16H17FN2O/c1-18-8-6-13-11-19(9-7-15(13)18)16(20)10-12-4-2-3-5-14(12)17/h2-6,8H,7,9-11H2,1H3. The smallest absolute Gasteiger partial charge is 0.227 e. The summed E-state index contributed by atoms with van der Waals surface area (Å²) in [6.45, 7) is 1.33. The zero-order chi connectivity index (χ0) is 14.1. The normalized spacial score (nSPS) is 14.2. The molecule has 1 aromatic carbocycles. The summed E-state index contributed by atoms with van der Waals surface area (Å²) < 4.78 is 15.7. The molecule has 0 atom stereocenters. The Labute approximate surface area is 117 Å². The van der Waals surface area contributed by atoms with Crippen LogP contribution in [0.25, 0.3) is 0 Å². The lowest BCUT2D eigenvalue weighted by Gasteiger charge is -2.28. The summed E-state index contributed by atoms with van der Waals surface area (Å²) in [5.41, 5.74) is 2.96. The van der Waals surface area contributed by atoms with Crippen LogP contribution in [0, 0.1) is 5.82 Å². The average molecular weight is 272 g/mol. The Balaban J connectivity index is 1.72. The lowest BCUT2D eigenvalue weighted by Crippen LogP contribution is -2.37. The number of rotatable bonds is 2.